The van der Waals surface area contributed by atoms with Gasteiger partial charge in [-0.25, -0.2) is 0 Å². The summed E-state index contributed by atoms with van der Waals surface area (Å²) in [4.78, 5) is 0. The molecule has 0 aromatic heterocycles. The van der Waals surface area contributed by atoms with Crippen LogP contribution in [0.1, 0.15) is 19.4 Å². The van der Waals surface area contributed by atoms with Gasteiger partial charge in [-0.2, -0.15) is 0 Å². The molecule has 0 fully saturated rings. The first-order valence-electron chi connectivity index (χ1n) is 3.69. The Morgan fingerprint density at radius 2 is 2.09 bits per heavy atom. The molecule has 0 heterocycles. The fraction of sp³-hybridized carbons (Fsp3) is 0.200. The van der Waals surface area contributed by atoms with E-state index in [1.165, 1.54) is 11.1 Å². The van der Waals surface area contributed by atoms with Crippen LogP contribution in [0.5, 0.6) is 0 Å². The summed E-state index contributed by atoms with van der Waals surface area (Å²) in [6, 6.07) is 7.86. The van der Waals surface area contributed by atoms with Crippen molar-refractivity contribution in [3.8, 4) is 0 Å². The zero-order chi connectivity index (χ0) is 8.27. The second-order valence-corrected chi connectivity index (χ2v) is 2.89. The molecule has 0 aliphatic heterocycles. The zero-order valence-corrected chi connectivity index (χ0v) is 6.96. The summed E-state index contributed by atoms with van der Waals surface area (Å²) in [6.07, 6.45) is 2.11. The number of allylic oxidation sites excluding steroid dienone is 1. The molecule has 0 aliphatic carbocycles. The van der Waals surface area contributed by atoms with E-state index in [9.17, 15) is 0 Å². The van der Waals surface area contributed by atoms with Gasteiger partial charge in [-0.1, -0.05) is 23.8 Å². The van der Waals surface area contributed by atoms with Crippen molar-refractivity contribution in [3.05, 3.63) is 35.4 Å². The first-order chi connectivity index (χ1) is 5.18. The predicted octanol–water partition coefficient (Wildman–Crippen LogP) is 2.69. The second-order valence-electron chi connectivity index (χ2n) is 2.89. The largest absolute Gasteiger partial charge is 0.399 e. The van der Waals surface area contributed by atoms with E-state index >= 15 is 0 Å². The van der Waals surface area contributed by atoms with Gasteiger partial charge in [-0.15, -0.1) is 0 Å². The van der Waals surface area contributed by atoms with Crippen LogP contribution in [-0.2, 0) is 0 Å². The SMILES string of the molecule is CC(C)=Cc1cccc(N)c1. The Morgan fingerprint density at radius 3 is 2.64 bits per heavy atom. The first-order valence-corrected chi connectivity index (χ1v) is 3.69. The lowest BCUT2D eigenvalue weighted by molar-refractivity contribution is 1.42. The third kappa shape index (κ3) is 2.46. The fourth-order valence-corrected chi connectivity index (χ4v) is 0.982. The summed E-state index contributed by atoms with van der Waals surface area (Å²) in [6.45, 7) is 4.15. The Labute approximate surface area is 67.5 Å². The van der Waals surface area contributed by atoms with Crippen LogP contribution in [0.3, 0.4) is 0 Å². The van der Waals surface area contributed by atoms with E-state index in [4.69, 9.17) is 5.73 Å². The Balaban J connectivity index is 2.97. The van der Waals surface area contributed by atoms with Crippen LogP contribution in [-0.4, -0.2) is 0 Å². The lowest BCUT2D eigenvalue weighted by atomic mass is 10.1. The van der Waals surface area contributed by atoms with Crippen LogP contribution in [0.15, 0.2) is 29.8 Å². The number of nitrogens with two attached hydrogens (primary N) is 1. The average molecular weight is 147 g/mol. The maximum Gasteiger partial charge on any atom is 0.0319 e. The second kappa shape index (κ2) is 3.24. The molecule has 1 nitrogen and oxygen atoms in total. The van der Waals surface area contributed by atoms with Crippen LogP contribution < -0.4 is 5.73 Å². The molecule has 0 saturated heterocycles. The molecule has 1 rings (SSSR count). The Morgan fingerprint density at radius 1 is 1.36 bits per heavy atom. The maximum absolute atomic E-state index is 5.61. The molecule has 1 heteroatoms. The van der Waals surface area contributed by atoms with Crippen LogP contribution in [0.25, 0.3) is 6.08 Å². The average Bonchev–Trinajstić information content (AvgIpc) is 1.85. The number of hydrogen-bond acceptors (Lipinski definition) is 1. The minimum absolute atomic E-state index is 0.819. The summed E-state index contributed by atoms with van der Waals surface area (Å²) >= 11 is 0. The van der Waals surface area contributed by atoms with E-state index < -0.39 is 0 Å². The van der Waals surface area contributed by atoms with Crippen molar-refractivity contribution in [2.75, 3.05) is 5.73 Å². The van der Waals surface area contributed by atoms with Crippen molar-refractivity contribution in [3.63, 3.8) is 0 Å². The van der Waals surface area contributed by atoms with E-state index in [1.54, 1.807) is 0 Å². The van der Waals surface area contributed by atoms with Crippen molar-refractivity contribution >= 4 is 11.8 Å². The molecular weight excluding hydrogens is 134 g/mol. The molecule has 1 aromatic rings. The molecule has 0 atom stereocenters. The number of rotatable bonds is 1. The molecule has 0 bridgehead atoms. The van der Waals surface area contributed by atoms with Crippen molar-refractivity contribution < 1.29 is 0 Å². The van der Waals surface area contributed by atoms with E-state index in [-0.39, 0.29) is 0 Å². The van der Waals surface area contributed by atoms with E-state index in [0.717, 1.165) is 5.69 Å². The molecule has 11 heavy (non-hydrogen) atoms. The summed E-state index contributed by atoms with van der Waals surface area (Å²) in [5, 5.41) is 0. The lowest BCUT2D eigenvalue weighted by Crippen LogP contribution is -1.83. The minimum atomic E-state index is 0.819. The van der Waals surface area contributed by atoms with Crippen LogP contribution in [0, 0.1) is 0 Å². The highest BCUT2D eigenvalue weighted by Crippen LogP contribution is 2.09. The van der Waals surface area contributed by atoms with Crippen molar-refractivity contribution in [2.24, 2.45) is 0 Å². The molecule has 0 amide bonds. The third-order valence-corrected chi connectivity index (χ3v) is 1.37. The normalized spacial score (nSPS) is 9.27. The lowest BCUT2D eigenvalue weighted by Gasteiger charge is -1.95. The monoisotopic (exact) mass is 147 g/mol. The van der Waals surface area contributed by atoms with Crippen LogP contribution in [0.2, 0.25) is 0 Å². The van der Waals surface area contributed by atoms with E-state index in [0.29, 0.717) is 0 Å². The van der Waals surface area contributed by atoms with Gasteiger partial charge in [0.25, 0.3) is 0 Å². The van der Waals surface area contributed by atoms with E-state index in [1.807, 2.05) is 24.3 Å². The summed E-state index contributed by atoms with van der Waals surface area (Å²) < 4.78 is 0. The van der Waals surface area contributed by atoms with E-state index in [2.05, 4.69) is 19.9 Å². The summed E-state index contributed by atoms with van der Waals surface area (Å²) in [5.74, 6) is 0. The van der Waals surface area contributed by atoms with Crippen molar-refractivity contribution in [2.45, 2.75) is 13.8 Å². The van der Waals surface area contributed by atoms with Gasteiger partial charge in [-0.05, 0) is 31.5 Å². The third-order valence-electron chi connectivity index (χ3n) is 1.37. The highest BCUT2D eigenvalue weighted by atomic mass is 14.5. The number of nitrogen functional groups attached to an aromatic ring is 1. The maximum atomic E-state index is 5.61. The van der Waals surface area contributed by atoms with Gasteiger partial charge in [0.2, 0.25) is 0 Å². The molecule has 0 radical (unpaired) electrons. The standard InChI is InChI=1S/C10H13N/c1-8(2)6-9-4-3-5-10(11)7-9/h3-7H,11H2,1-2H3. The molecule has 1 aromatic carbocycles. The number of hydrogen-bond donors (Lipinski definition) is 1. The van der Waals surface area contributed by atoms with Crippen molar-refractivity contribution in [1.82, 2.24) is 0 Å². The van der Waals surface area contributed by atoms with Crippen LogP contribution in [0.4, 0.5) is 5.69 Å². The molecule has 0 saturated carbocycles. The molecule has 0 aliphatic rings. The first kappa shape index (κ1) is 7.86. The Bertz CT molecular complexity index is 270. The van der Waals surface area contributed by atoms with Gasteiger partial charge < -0.3 is 5.73 Å². The minimum Gasteiger partial charge on any atom is -0.399 e. The molecule has 2 N–H and O–H groups in total. The quantitative estimate of drug-likeness (QED) is 0.607. The highest BCUT2D eigenvalue weighted by molar-refractivity contribution is 5.57. The molecule has 58 valence electrons. The molecule has 0 unspecified atom stereocenters. The van der Waals surface area contributed by atoms with Gasteiger partial charge in [0.1, 0.15) is 0 Å². The van der Waals surface area contributed by atoms with Crippen LogP contribution >= 0.6 is 0 Å². The smallest absolute Gasteiger partial charge is 0.0319 e. The van der Waals surface area contributed by atoms with Gasteiger partial charge in [0.05, 0.1) is 0 Å². The van der Waals surface area contributed by atoms with Crippen molar-refractivity contribution in [1.29, 1.82) is 0 Å². The zero-order valence-electron chi connectivity index (χ0n) is 6.96. The van der Waals surface area contributed by atoms with Gasteiger partial charge in [0, 0.05) is 5.69 Å². The number of benzene rings is 1. The van der Waals surface area contributed by atoms with Gasteiger partial charge in [-0.3, -0.25) is 0 Å². The summed E-state index contributed by atoms with van der Waals surface area (Å²) in [5.41, 5.74) is 8.88. The summed E-state index contributed by atoms with van der Waals surface area (Å²) in [7, 11) is 0. The predicted molar refractivity (Wildman–Crippen MR) is 50.2 cm³/mol. The fourth-order valence-electron chi connectivity index (χ4n) is 0.982. The topological polar surface area (TPSA) is 26.0 Å². The van der Waals surface area contributed by atoms with Gasteiger partial charge in [0.15, 0.2) is 0 Å². The highest BCUT2D eigenvalue weighted by Gasteiger charge is 1.87. The van der Waals surface area contributed by atoms with Gasteiger partial charge >= 0.3 is 0 Å². The molecule has 0 spiro atoms. The number of anilines is 1. The Hall–Kier alpha value is -1.24. The Kier molecular flexibility index (Phi) is 2.32. The molecular formula is C10H13N.